The van der Waals surface area contributed by atoms with Gasteiger partial charge in [0.15, 0.2) is 0 Å². The van der Waals surface area contributed by atoms with Gasteiger partial charge in [0.25, 0.3) is 0 Å². The van der Waals surface area contributed by atoms with E-state index in [1.54, 1.807) is 0 Å². The molecule has 4 aromatic carbocycles. The Morgan fingerprint density at radius 1 is 0.629 bits per heavy atom. The highest BCUT2D eigenvalue weighted by atomic mass is 79.9. The van der Waals surface area contributed by atoms with Crippen LogP contribution in [0, 0.1) is 0 Å². The predicted molar refractivity (Wildman–Crippen MR) is 154 cm³/mol. The predicted octanol–water partition coefficient (Wildman–Crippen LogP) is 8.71. The number of alkyl halides is 3. The van der Waals surface area contributed by atoms with Gasteiger partial charge < -0.3 is 4.74 Å². The van der Waals surface area contributed by atoms with Crippen LogP contribution in [0.1, 0.15) is 22.3 Å². The second-order valence-electron chi connectivity index (χ2n) is 9.37. The molecule has 1 nitrogen and oxygen atoms in total. The third-order valence-corrected chi connectivity index (χ3v) is 10.2. The summed E-state index contributed by atoms with van der Waals surface area (Å²) < 4.78 is 6.63. The van der Waals surface area contributed by atoms with Gasteiger partial charge in [-0.1, -0.05) is 145 Å². The summed E-state index contributed by atoms with van der Waals surface area (Å²) in [5.41, 5.74) is 11.8. The Hall–Kier alpha value is -1.98. The number of rotatable bonds is 3. The van der Waals surface area contributed by atoms with Crippen LogP contribution in [0.15, 0.2) is 108 Å². The zero-order valence-corrected chi connectivity index (χ0v) is 23.7. The Labute approximate surface area is 230 Å². The van der Waals surface area contributed by atoms with Gasteiger partial charge in [-0.3, -0.25) is 0 Å². The molecule has 0 aliphatic heterocycles. The van der Waals surface area contributed by atoms with Crippen molar-refractivity contribution in [2.24, 2.45) is 0 Å². The van der Waals surface area contributed by atoms with Crippen molar-refractivity contribution in [3.63, 3.8) is 0 Å². The molecule has 0 radical (unpaired) electrons. The van der Waals surface area contributed by atoms with E-state index in [2.05, 4.69) is 145 Å². The first kappa shape index (κ1) is 22.2. The molecule has 3 aliphatic rings. The summed E-state index contributed by atoms with van der Waals surface area (Å²) in [5.74, 6) is 0. The quantitative estimate of drug-likeness (QED) is 0.160. The largest absolute Gasteiger partial charge is 0.364 e. The Morgan fingerprint density at radius 3 is 1.40 bits per heavy atom. The Bertz CT molecular complexity index is 1460. The first-order valence-corrected chi connectivity index (χ1v) is 14.4. The van der Waals surface area contributed by atoms with Gasteiger partial charge in [-0.15, -0.1) is 0 Å². The van der Waals surface area contributed by atoms with Gasteiger partial charge >= 0.3 is 0 Å². The molecule has 0 heterocycles. The average Bonchev–Trinajstić information content (AvgIpc) is 3.36. The lowest BCUT2D eigenvalue weighted by Crippen LogP contribution is -2.56. The number of halogens is 3. The molecule has 1 spiro atoms. The summed E-state index contributed by atoms with van der Waals surface area (Å²) in [6.07, 6.45) is 0. The van der Waals surface area contributed by atoms with Crippen molar-refractivity contribution >= 4 is 47.8 Å². The van der Waals surface area contributed by atoms with E-state index in [0.29, 0.717) is 0 Å². The Morgan fingerprint density at radius 2 is 1.00 bits per heavy atom. The topological polar surface area (TPSA) is 9.23 Å². The third-order valence-electron chi connectivity index (χ3n) is 8.15. The molecule has 0 aromatic heterocycles. The van der Waals surface area contributed by atoms with Crippen molar-refractivity contribution < 1.29 is 4.74 Å². The van der Waals surface area contributed by atoms with E-state index in [1.165, 1.54) is 55.7 Å². The summed E-state index contributed by atoms with van der Waals surface area (Å²) in [4.78, 5) is 0.0477. The maximum Gasteiger partial charge on any atom is 0.142 e. The van der Waals surface area contributed by atoms with Gasteiger partial charge in [-0.25, -0.2) is 0 Å². The van der Waals surface area contributed by atoms with E-state index >= 15 is 0 Å². The minimum atomic E-state index is -0.672. The molecular weight excluding hydrogens is 628 g/mol. The minimum Gasteiger partial charge on any atom is -0.364 e. The maximum atomic E-state index is 6.66. The second-order valence-corrected chi connectivity index (χ2v) is 13.3. The lowest BCUT2D eigenvalue weighted by Gasteiger charge is -2.55. The second kappa shape index (κ2) is 7.76. The normalized spacial score (nSPS) is 19.9. The Kier molecular flexibility index (Phi) is 4.93. The average molecular weight is 649 g/mol. The van der Waals surface area contributed by atoms with Crippen LogP contribution >= 0.6 is 47.8 Å². The molecule has 0 amide bonds. The molecule has 35 heavy (non-hydrogen) atoms. The molecule has 172 valence electrons. The fraction of sp³-hybridized carbons (Fsp3) is 0.161. The molecule has 4 aromatic rings. The highest BCUT2D eigenvalue weighted by Gasteiger charge is 2.66. The van der Waals surface area contributed by atoms with E-state index in [9.17, 15) is 0 Å². The molecule has 4 heteroatoms. The number of hydrogen-bond acceptors (Lipinski definition) is 1. The van der Waals surface area contributed by atoms with Crippen LogP contribution in [0.4, 0.5) is 0 Å². The number of benzene rings is 4. The van der Waals surface area contributed by atoms with Crippen molar-refractivity contribution in [1.82, 2.24) is 0 Å². The van der Waals surface area contributed by atoms with E-state index in [0.717, 1.165) is 0 Å². The zero-order chi connectivity index (χ0) is 23.9. The molecule has 0 bridgehead atoms. The first-order chi connectivity index (χ1) is 17.1. The highest BCUT2D eigenvalue weighted by Crippen LogP contribution is 2.70. The number of hydrogen-bond donors (Lipinski definition) is 0. The van der Waals surface area contributed by atoms with Crippen molar-refractivity contribution in [1.29, 1.82) is 0 Å². The maximum absolute atomic E-state index is 6.66. The van der Waals surface area contributed by atoms with Crippen molar-refractivity contribution in [2.45, 2.75) is 19.6 Å². The summed E-state index contributed by atoms with van der Waals surface area (Å²) in [6.45, 7) is 0. The van der Waals surface area contributed by atoms with Crippen LogP contribution in [-0.4, -0.2) is 15.7 Å². The Balaban J connectivity index is 1.61. The summed E-state index contributed by atoms with van der Waals surface area (Å²) in [7, 11) is 1.85. The first-order valence-electron chi connectivity index (χ1n) is 11.7. The van der Waals surface area contributed by atoms with Gasteiger partial charge in [0.1, 0.15) is 5.60 Å². The SMILES string of the molecule is COC1(C2=C(C(Br)Br)C3(c4ccccc4-c4ccccc43)C2Br)c2ccccc2-c2ccccc21. The van der Waals surface area contributed by atoms with Gasteiger partial charge in [-0.05, 0) is 44.5 Å². The van der Waals surface area contributed by atoms with Gasteiger partial charge in [-0.2, -0.15) is 0 Å². The molecule has 7 rings (SSSR count). The minimum absolute atomic E-state index is 0.0232. The third kappa shape index (κ3) is 2.52. The molecule has 0 N–H and O–H groups in total. The summed E-state index contributed by atoms with van der Waals surface area (Å²) >= 11 is 12.2. The summed E-state index contributed by atoms with van der Waals surface area (Å²) in [5, 5.41) is 0. The van der Waals surface area contributed by atoms with Crippen LogP contribution in [0.3, 0.4) is 0 Å². The number of allylic oxidation sites excluding steroid dienone is 1. The zero-order valence-electron chi connectivity index (χ0n) is 18.9. The van der Waals surface area contributed by atoms with Crippen LogP contribution in [0.5, 0.6) is 0 Å². The lowest BCUT2D eigenvalue weighted by atomic mass is 9.54. The fourth-order valence-corrected chi connectivity index (χ4v) is 9.45. The number of ether oxygens (including phenoxy) is 1. The molecule has 3 aliphatic carbocycles. The van der Waals surface area contributed by atoms with Gasteiger partial charge in [0.2, 0.25) is 0 Å². The number of methoxy groups -OCH3 is 1. The smallest absolute Gasteiger partial charge is 0.142 e. The standard InChI is InChI=1S/C31H21Br3O/c1-35-31(24-16-8-4-12-20(24)21-13-5-9-17-25(21)31)26-27(29(33)34)30(28(26)32)22-14-6-2-10-18(22)19-11-3-7-15-23(19)30/h2-17,28-29H,1H3. The highest BCUT2D eigenvalue weighted by molar-refractivity contribution is 9.24. The molecule has 0 saturated carbocycles. The fourth-order valence-electron chi connectivity index (χ4n) is 6.93. The van der Waals surface area contributed by atoms with Gasteiger partial charge in [0, 0.05) is 18.2 Å². The van der Waals surface area contributed by atoms with Crippen LogP contribution in [0.2, 0.25) is 0 Å². The van der Waals surface area contributed by atoms with Crippen LogP contribution < -0.4 is 0 Å². The molecule has 0 saturated heterocycles. The van der Waals surface area contributed by atoms with Crippen molar-refractivity contribution in [3.05, 3.63) is 130 Å². The monoisotopic (exact) mass is 646 g/mol. The van der Waals surface area contributed by atoms with Crippen LogP contribution in [0.25, 0.3) is 22.3 Å². The molecule has 1 atom stereocenters. The number of fused-ring (bicyclic) bond motifs is 8. The summed E-state index contributed by atoms with van der Waals surface area (Å²) in [6, 6.07) is 35.0. The van der Waals surface area contributed by atoms with Gasteiger partial charge in [0.05, 0.1) is 14.0 Å². The van der Waals surface area contributed by atoms with Crippen LogP contribution in [-0.2, 0) is 15.8 Å². The molecule has 1 unspecified atom stereocenters. The molecule has 0 fully saturated rings. The van der Waals surface area contributed by atoms with E-state index in [1.807, 2.05) is 7.11 Å². The lowest BCUT2D eigenvalue weighted by molar-refractivity contribution is 0.0482. The van der Waals surface area contributed by atoms with Crippen molar-refractivity contribution in [3.8, 4) is 22.3 Å². The van der Waals surface area contributed by atoms with E-state index < -0.39 is 5.60 Å². The van der Waals surface area contributed by atoms with Crippen molar-refractivity contribution in [2.75, 3.05) is 7.11 Å². The molecular formula is C31H21Br3O. The van der Waals surface area contributed by atoms with E-state index in [4.69, 9.17) is 4.74 Å². The van der Waals surface area contributed by atoms with E-state index in [-0.39, 0.29) is 14.0 Å².